The Morgan fingerprint density at radius 3 is 2.18 bits per heavy atom. The Balaban J connectivity index is 1.71. The molecule has 0 saturated carbocycles. The van der Waals surface area contributed by atoms with E-state index in [1.54, 1.807) is 12.3 Å². The Hall–Kier alpha value is -3.70. The number of hydrogen-bond donors (Lipinski definition) is 2. The van der Waals surface area contributed by atoms with Gasteiger partial charge in [0.25, 0.3) is 0 Å². The van der Waals surface area contributed by atoms with Gasteiger partial charge in [0.1, 0.15) is 0 Å². The molecule has 2 amide bonds. The van der Waals surface area contributed by atoms with Crippen LogP contribution in [0.5, 0.6) is 0 Å². The van der Waals surface area contributed by atoms with Crippen molar-refractivity contribution >= 4 is 29.0 Å². The van der Waals surface area contributed by atoms with E-state index in [2.05, 4.69) is 29.5 Å². The van der Waals surface area contributed by atoms with Gasteiger partial charge in [0, 0.05) is 16.8 Å². The van der Waals surface area contributed by atoms with Crippen LogP contribution >= 0.6 is 11.6 Å². The molecule has 0 atom stereocenters. The highest BCUT2D eigenvalue weighted by molar-refractivity contribution is 6.33. The average molecular weight is 457 g/mol. The third kappa shape index (κ3) is 5.04. The zero-order chi connectivity index (χ0) is 23.2. The van der Waals surface area contributed by atoms with Gasteiger partial charge in [-0.3, -0.25) is 0 Å². The van der Waals surface area contributed by atoms with Gasteiger partial charge < -0.3 is 10.6 Å². The zero-order valence-corrected chi connectivity index (χ0v) is 19.4. The highest BCUT2D eigenvalue weighted by Gasteiger charge is 2.17. The van der Waals surface area contributed by atoms with Gasteiger partial charge in [-0.2, -0.15) is 0 Å². The first-order valence-corrected chi connectivity index (χ1v) is 11.3. The predicted molar refractivity (Wildman–Crippen MR) is 136 cm³/mol. The first kappa shape index (κ1) is 22.5. The summed E-state index contributed by atoms with van der Waals surface area (Å²) in [6.07, 6.45) is 3.27. The lowest BCUT2D eigenvalue weighted by molar-refractivity contribution is 0.262. The summed E-state index contributed by atoms with van der Waals surface area (Å²) in [5, 5.41) is 6.51. The third-order valence-corrected chi connectivity index (χ3v) is 5.76. The second-order valence-corrected chi connectivity index (χ2v) is 7.95. The number of urea groups is 1. The van der Waals surface area contributed by atoms with E-state index in [1.807, 2.05) is 66.7 Å². The molecule has 33 heavy (non-hydrogen) atoms. The van der Waals surface area contributed by atoms with E-state index in [9.17, 15) is 4.79 Å². The number of para-hydroxylation sites is 1. The maximum atomic E-state index is 13.0. The number of carbonyl (C=O) groups excluding carboxylic acids is 1. The summed E-state index contributed by atoms with van der Waals surface area (Å²) in [4.78, 5) is 22.3. The number of rotatable bonds is 6. The molecule has 4 rings (SSSR count). The SMILES string of the molecule is CCc1cccc(CC)c1NC(=O)Nc1cnc(-c2ccccc2)nc1-c1ccccc1Cl. The first-order chi connectivity index (χ1) is 16.1. The van der Waals surface area contributed by atoms with Gasteiger partial charge in [0.2, 0.25) is 0 Å². The van der Waals surface area contributed by atoms with Crippen LogP contribution in [-0.2, 0) is 12.8 Å². The standard InChI is InChI=1S/C27H25ClN4O/c1-3-18-13-10-14-19(4-2)24(18)32-27(33)30-23-17-29-26(20-11-6-5-7-12-20)31-25(23)21-15-8-9-16-22(21)28/h5-17H,3-4H2,1-2H3,(H2,30,32,33). The molecule has 5 nitrogen and oxygen atoms in total. The molecule has 3 aromatic carbocycles. The Morgan fingerprint density at radius 2 is 1.52 bits per heavy atom. The fraction of sp³-hybridized carbons (Fsp3) is 0.148. The minimum absolute atomic E-state index is 0.352. The van der Waals surface area contributed by atoms with E-state index in [0.717, 1.165) is 40.8 Å². The lowest BCUT2D eigenvalue weighted by atomic mass is 10.0. The molecule has 0 unspecified atom stereocenters. The Kier molecular flexibility index (Phi) is 7.01. The molecule has 6 heteroatoms. The highest BCUT2D eigenvalue weighted by Crippen LogP contribution is 2.33. The van der Waals surface area contributed by atoms with Gasteiger partial charge in [-0.25, -0.2) is 14.8 Å². The molecular formula is C27H25ClN4O. The number of amides is 2. The maximum absolute atomic E-state index is 13.0. The summed E-state index contributed by atoms with van der Waals surface area (Å²) in [5.41, 5.74) is 5.67. The summed E-state index contributed by atoms with van der Waals surface area (Å²) in [5.74, 6) is 0.557. The van der Waals surface area contributed by atoms with Crippen molar-refractivity contribution in [2.24, 2.45) is 0 Å². The molecule has 1 heterocycles. The summed E-state index contributed by atoms with van der Waals surface area (Å²) in [7, 11) is 0. The van der Waals surface area contributed by atoms with Crippen LogP contribution in [0.15, 0.2) is 79.0 Å². The molecule has 0 saturated heterocycles. The van der Waals surface area contributed by atoms with Crippen molar-refractivity contribution in [3.8, 4) is 22.6 Å². The van der Waals surface area contributed by atoms with Gasteiger partial charge >= 0.3 is 6.03 Å². The van der Waals surface area contributed by atoms with Crippen molar-refractivity contribution in [1.29, 1.82) is 0 Å². The largest absolute Gasteiger partial charge is 0.323 e. The normalized spacial score (nSPS) is 10.6. The molecule has 166 valence electrons. The number of anilines is 2. The molecule has 4 aromatic rings. The summed E-state index contributed by atoms with van der Waals surface area (Å²) in [6, 6.07) is 22.9. The van der Waals surface area contributed by atoms with Gasteiger partial charge in [-0.15, -0.1) is 0 Å². The van der Waals surface area contributed by atoms with Crippen LogP contribution in [0.25, 0.3) is 22.6 Å². The molecule has 0 bridgehead atoms. The van der Waals surface area contributed by atoms with Gasteiger partial charge in [-0.1, -0.05) is 92.2 Å². The van der Waals surface area contributed by atoms with E-state index >= 15 is 0 Å². The van der Waals surface area contributed by atoms with E-state index in [-0.39, 0.29) is 6.03 Å². The molecule has 2 N–H and O–H groups in total. The van der Waals surface area contributed by atoms with Crippen molar-refractivity contribution < 1.29 is 4.79 Å². The smallest absolute Gasteiger partial charge is 0.307 e. The van der Waals surface area contributed by atoms with Crippen LogP contribution in [0.4, 0.5) is 16.2 Å². The summed E-state index contributed by atoms with van der Waals surface area (Å²) in [6.45, 7) is 4.15. The summed E-state index contributed by atoms with van der Waals surface area (Å²) >= 11 is 6.49. The molecular weight excluding hydrogens is 432 g/mol. The number of hydrogen-bond acceptors (Lipinski definition) is 3. The fourth-order valence-corrected chi connectivity index (χ4v) is 3.95. The average Bonchev–Trinajstić information content (AvgIpc) is 2.85. The van der Waals surface area contributed by atoms with Crippen LogP contribution in [0.1, 0.15) is 25.0 Å². The van der Waals surface area contributed by atoms with Crippen molar-refractivity contribution in [2.45, 2.75) is 26.7 Å². The predicted octanol–water partition coefficient (Wildman–Crippen LogP) is 7.23. The monoisotopic (exact) mass is 456 g/mol. The molecule has 0 aliphatic carbocycles. The number of benzene rings is 3. The zero-order valence-electron chi connectivity index (χ0n) is 18.6. The van der Waals surface area contributed by atoms with Crippen LogP contribution in [0.2, 0.25) is 5.02 Å². The van der Waals surface area contributed by atoms with Crippen molar-refractivity contribution in [3.05, 3.63) is 95.1 Å². The molecule has 0 radical (unpaired) electrons. The van der Waals surface area contributed by atoms with Crippen molar-refractivity contribution in [2.75, 3.05) is 10.6 Å². The molecule has 0 aliphatic heterocycles. The maximum Gasteiger partial charge on any atom is 0.323 e. The second kappa shape index (κ2) is 10.3. The van der Waals surface area contributed by atoms with Crippen LogP contribution in [0.3, 0.4) is 0 Å². The minimum Gasteiger partial charge on any atom is -0.307 e. The Morgan fingerprint density at radius 1 is 0.848 bits per heavy atom. The molecule has 0 spiro atoms. The fourth-order valence-electron chi connectivity index (χ4n) is 3.73. The Bertz CT molecular complexity index is 1250. The van der Waals surface area contributed by atoms with E-state index in [4.69, 9.17) is 16.6 Å². The van der Waals surface area contributed by atoms with Crippen molar-refractivity contribution in [3.63, 3.8) is 0 Å². The summed E-state index contributed by atoms with van der Waals surface area (Å²) < 4.78 is 0. The second-order valence-electron chi connectivity index (χ2n) is 7.54. The lowest BCUT2D eigenvalue weighted by Gasteiger charge is -2.16. The van der Waals surface area contributed by atoms with Crippen molar-refractivity contribution in [1.82, 2.24) is 9.97 Å². The minimum atomic E-state index is -0.352. The quantitative estimate of drug-likeness (QED) is 0.321. The van der Waals surface area contributed by atoms with E-state index in [1.165, 1.54) is 0 Å². The van der Waals surface area contributed by atoms with Crippen LogP contribution in [-0.4, -0.2) is 16.0 Å². The van der Waals surface area contributed by atoms with Gasteiger partial charge in [-0.05, 0) is 30.0 Å². The van der Waals surface area contributed by atoms with Crippen LogP contribution < -0.4 is 10.6 Å². The van der Waals surface area contributed by atoms with E-state index in [0.29, 0.717) is 22.2 Å². The van der Waals surface area contributed by atoms with Crippen LogP contribution in [0, 0.1) is 0 Å². The molecule has 0 fully saturated rings. The number of aryl methyl sites for hydroxylation is 2. The number of nitrogens with zero attached hydrogens (tertiary/aromatic N) is 2. The highest BCUT2D eigenvalue weighted by atomic mass is 35.5. The number of halogens is 1. The lowest BCUT2D eigenvalue weighted by Crippen LogP contribution is -2.22. The van der Waals surface area contributed by atoms with Gasteiger partial charge in [0.05, 0.1) is 22.6 Å². The number of carbonyl (C=O) groups is 1. The number of aromatic nitrogens is 2. The van der Waals surface area contributed by atoms with E-state index < -0.39 is 0 Å². The van der Waals surface area contributed by atoms with Gasteiger partial charge in [0.15, 0.2) is 5.82 Å². The molecule has 0 aliphatic rings. The topological polar surface area (TPSA) is 66.9 Å². The Labute approximate surface area is 198 Å². The molecule has 1 aromatic heterocycles. The first-order valence-electron chi connectivity index (χ1n) is 11.0. The number of nitrogens with one attached hydrogen (secondary N) is 2. The third-order valence-electron chi connectivity index (χ3n) is 5.44.